The first-order valence-corrected chi connectivity index (χ1v) is 7.02. The van der Waals surface area contributed by atoms with Crippen LogP contribution in [0.5, 0.6) is 0 Å². The predicted molar refractivity (Wildman–Crippen MR) is 66.3 cm³/mol. The van der Waals surface area contributed by atoms with Crippen LogP contribution in [0.4, 0.5) is 18.9 Å². The third kappa shape index (κ3) is 3.94. The van der Waals surface area contributed by atoms with Gasteiger partial charge in [-0.3, -0.25) is 4.79 Å². The van der Waals surface area contributed by atoms with Gasteiger partial charge in [-0.1, -0.05) is 13.8 Å². The first-order valence-electron chi connectivity index (χ1n) is 5.48. The minimum Gasteiger partial charge on any atom is -0.325 e. The first kappa shape index (κ1) is 16.4. The SMILES string of the molecule is CC(C)C(=O)Nc1ccc(C(F)(F)F)cc1S(N)(=O)=O. The lowest BCUT2D eigenvalue weighted by atomic mass is 10.1. The summed E-state index contributed by atoms with van der Waals surface area (Å²) in [7, 11) is -4.40. The smallest absolute Gasteiger partial charge is 0.325 e. The molecule has 1 aromatic rings. The molecule has 0 saturated heterocycles. The zero-order valence-corrected chi connectivity index (χ0v) is 11.5. The quantitative estimate of drug-likeness (QED) is 0.894. The highest BCUT2D eigenvalue weighted by atomic mass is 32.2. The Bertz CT molecular complexity index is 624. The van der Waals surface area contributed by atoms with Crippen molar-refractivity contribution in [2.75, 3.05) is 5.32 Å². The van der Waals surface area contributed by atoms with Crippen molar-refractivity contribution in [2.24, 2.45) is 11.1 Å². The number of primary sulfonamides is 1. The van der Waals surface area contributed by atoms with Crippen molar-refractivity contribution < 1.29 is 26.4 Å². The summed E-state index contributed by atoms with van der Waals surface area (Å²) in [5, 5.41) is 7.10. The van der Waals surface area contributed by atoms with Gasteiger partial charge in [0.1, 0.15) is 4.90 Å². The van der Waals surface area contributed by atoms with Gasteiger partial charge in [0.25, 0.3) is 0 Å². The molecule has 0 saturated carbocycles. The molecule has 0 aliphatic carbocycles. The summed E-state index contributed by atoms with van der Waals surface area (Å²) in [6.45, 7) is 3.10. The first-order chi connectivity index (χ1) is 8.93. The highest BCUT2D eigenvalue weighted by Crippen LogP contribution is 2.33. The van der Waals surface area contributed by atoms with Crippen LogP contribution in [0.3, 0.4) is 0 Å². The van der Waals surface area contributed by atoms with Crippen LogP contribution in [0.1, 0.15) is 19.4 Å². The minimum atomic E-state index is -4.71. The average Bonchev–Trinajstić information content (AvgIpc) is 2.26. The number of hydrogen-bond acceptors (Lipinski definition) is 3. The van der Waals surface area contributed by atoms with Crippen LogP contribution < -0.4 is 10.5 Å². The fourth-order valence-electron chi connectivity index (χ4n) is 1.31. The lowest BCUT2D eigenvalue weighted by Crippen LogP contribution is -2.22. The van der Waals surface area contributed by atoms with Crippen LogP contribution in [0.2, 0.25) is 0 Å². The third-order valence-electron chi connectivity index (χ3n) is 2.40. The second kappa shape index (κ2) is 5.41. The van der Waals surface area contributed by atoms with Gasteiger partial charge >= 0.3 is 6.18 Å². The number of benzene rings is 1. The molecule has 0 aliphatic heterocycles. The van der Waals surface area contributed by atoms with E-state index in [0.29, 0.717) is 12.1 Å². The van der Waals surface area contributed by atoms with Crippen LogP contribution in [-0.2, 0) is 21.0 Å². The van der Waals surface area contributed by atoms with Crippen molar-refractivity contribution in [3.8, 4) is 0 Å². The van der Waals surface area contributed by atoms with Crippen LogP contribution in [0.15, 0.2) is 23.1 Å². The molecule has 112 valence electrons. The van der Waals surface area contributed by atoms with E-state index in [4.69, 9.17) is 5.14 Å². The molecular formula is C11H13F3N2O3S. The molecule has 0 radical (unpaired) electrons. The molecule has 0 aliphatic rings. The summed E-state index contributed by atoms with van der Waals surface area (Å²) < 4.78 is 60.4. The Morgan fingerprint density at radius 3 is 2.25 bits per heavy atom. The molecule has 0 aromatic heterocycles. The van der Waals surface area contributed by atoms with E-state index in [1.54, 1.807) is 13.8 Å². The maximum Gasteiger partial charge on any atom is 0.416 e. The maximum absolute atomic E-state index is 12.6. The highest BCUT2D eigenvalue weighted by Gasteiger charge is 2.32. The number of amides is 1. The Kier molecular flexibility index (Phi) is 4.45. The van der Waals surface area contributed by atoms with Gasteiger partial charge in [-0.15, -0.1) is 0 Å². The normalized spacial score (nSPS) is 12.6. The average molecular weight is 310 g/mol. The molecule has 1 aromatic carbocycles. The fourth-order valence-corrected chi connectivity index (χ4v) is 2.03. The van der Waals surface area contributed by atoms with Crippen molar-refractivity contribution >= 4 is 21.6 Å². The van der Waals surface area contributed by atoms with Crippen LogP contribution >= 0.6 is 0 Å². The molecule has 3 N–H and O–H groups in total. The highest BCUT2D eigenvalue weighted by molar-refractivity contribution is 7.89. The van der Waals surface area contributed by atoms with Crippen LogP contribution in [0.25, 0.3) is 0 Å². The Balaban J connectivity index is 3.36. The number of carbonyl (C=O) groups is 1. The Labute approximate surface area is 114 Å². The van der Waals surface area contributed by atoms with Gasteiger partial charge in [-0.05, 0) is 18.2 Å². The number of nitrogens with one attached hydrogen (secondary N) is 1. The maximum atomic E-state index is 12.6. The van der Waals surface area contributed by atoms with Crippen LogP contribution in [0, 0.1) is 5.92 Å². The molecule has 0 spiro atoms. The Morgan fingerprint density at radius 2 is 1.85 bits per heavy atom. The molecule has 0 unspecified atom stereocenters. The number of sulfonamides is 1. The van der Waals surface area contributed by atoms with E-state index >= 15 is 0 Å². The van der Waals surface area contributed by atoms with E-state index in [-0.39, 0.29) is 5.69 Å². The minimum absolute atomic E-state index is 0.279. The van der Waals surface area contributed by atoms with Gasteiger partial charge in [-0.25, -0.2) is 13.6 Å². The number of hydrogen-bond donors (Lipinski definition) is 2. The van der Waals surface area contributed by atoms with Gasteiger partial charge < -0.3 is 5.32 Å². The summed E-state index contributed by atoms with van der Waals surface area (Å²) in [6.07, 6.45) is -4.71. The third-order valence-corrected chi connectivity index (χ3v) is 3.35. The number of halogens is 3. The summed E-state index contributed by atoms with van der Waals surface area (Å²) in [5.41, 5.74) is -1.44. The zero-order valence-electron chi connectivity index (χ0n) is 10.7. The standard InChI is InChI=1S/C11H13F3N2O3S/c1-6(2)10(17)16-8-4-3-7(11(12,13)14)5-9(8)20(15,18)19/h3-6H,1-2H3,(H,16,17)(H2,15,18,19). The molecule has 0 atom stereocenters. The van der Waals surface area contributed by atoms with Gasteiger partial charge in [0.05, 0.1) is 11.3 Å². The largest absolute Gasteiger partial charge is 0.416 e. The summed E-state index contributed by atoms with van der Waals surface area (Å²) >= 11 is 0. The molecule has 0 heterocycles. The lowest BCUT2D eigenvalue weighted by Gasteiger charge is -2.14. The van der Waals surface area contributed by atoms with Crippen molar-refractivity contribution in [2.45, 2.75) is 24.9 Å². The summed E-state index contributed by atoms with van der Waals surface area (Å²) in [4.78, 5) is 10.7. The number of anilines is 1. The van der Waals surface area contributed by atoms with Crippen LogP contribution in [-0.4, -0.2) is 14.3 Å². The van der Waals surface area contributed by atoms with E-state index in [0.717, 1.165) is 6.07 Å². The molecule has 5 nitrogen and oxygen atoms in total. The molecule has 20 heavy (non-hydrogen) atoms. The fraction of sp³-hybridized carbons (Fsp3) is 0.364. The van der Waals surface area contributed by atoms with Gasteiger partial charge in [-0.2, -0.15) is 13.2 Å². The number of rotatable bonds is 3. The van der Waals surface area contributed by atoms with Crippen molar-refractivity contribution in [3.63, 3.8) is 0 Å². The second-order valence-electron chi connectivity index (χ2n) is 4.40. The topological polar surface area (TPSA) is 89.3 Å². The van der Waals surface area contributed by atoms with Gasteiger partial charge in [0, 0.05) is 5.92 Å². The summed E-state index contributed by atoms with van der Waals surface area (Å²) in [5.74, 6) is -1.000. The van der Waals surface area contributed by atoms with E-state index in [2.05, 4.69) is 5.32 Å². The number of alkyl halides is 3. The Hall–Kier alpha value is -1.61. The molecule has 0 bridgehead atoms. The van der Waals surface area contributed by atoms with Crippen molar-refractivity contribution in [1.29, 1.82) is 0 Å². The van der Waals surface area contributed by atoms with E-state index in [9.17, 15) is 26.4 Å². The molecule has 9 heteroatoms. The van der Waals surface area contributed by atoms with E-state index < -0.39 is 38.5 Å². The molecule has 1 amide bonds. The molecule has 0 fully saturated rings. The number of carbonyl (C=O) groups excluding carboxylic acids is 1. The van der Waals surface area contributed by atoms with Crippen molar-refractivity contribution in [3.05, 3.63) is 23.8 Å². The zero-order chi connectivity index (χ0) is 15.7. The lowest BCUT2D eigenvalue weighted by molar-refractivity contribution is -0.137. The molecular weight excluding hydrogens is 297 g/mol. The molecule has 1 rings (SSSR count). The Morgan fingerprint density at radius 1 is 1.30 bits per heavy atom. The second-order valence-corrected chi connectivity index (χ2v) is 5.93. The summed E-state index contributed by atoms with van der Waals surface area (Å²) in [6, 6.07) is 1.93. The monoisotopic (exact) mass is 310 g/mol. The van der Waals surface area contributed by atoms with Crippen molar-refractivity contribution in [1.82, 2.24) is 0 Å². The predicted octanol–water partition coefficient (Wildman–Crippen LogP) is 1.95. The van der Waals surface area contributed by atoms with Gasteiger partial charge in [0.15, 0.2) is 0 Å². The van der Waals surface area contributed by atoms with E-state index in [1.807, 2.05) is 0 Å². The number of nitrogens with two attached hydrogens (primary N) is 1. The van der Waals surface area contributed by atoms with E-state index in [1.165, 1.54) is 0 Å². The van der Waals surface area contributed by atoms with Gasteiger partial charge in [0.2, 0.25) is 15.9 Å².